The van der Waals surface area contributed by atoms with Crippen molar-refractivity contribution in [2.75, 3.05) is 19.8 Å². The van der Waals surface area contributed by atoms with Crippen LogP contribution in [0.2, 0.25) is 0 Å². The van der Waals surface area contributed by atoms with E-state index in [2.05, 4.69) is 13.8 Å². The van der Waals surface area contributed by atoms with Gasteiger partial charge in [0, 0.05) is 12.2 Å². The average Bonchev–Trinajstić information content (AvgIpc) is 2.82. The zero-order chi connectivity index (χ0) is 25.3. The monoisotopic (exact) mass is 472 g/mol. The smallest absolute Gasteiger partial charge is 0.330 e. The van der Waals surface area contributed by atoms with Crippen molar-refractivity contribution in [3.05, 3.63) is 59.7 Å². The van der Waals surface area contributed by atoms with Crippen molar-refractivity contribution in [1.82, 2.24) is 0 Å². The minimum Gasteiger partial charge on any atom is -0.504 e. The molecule has 0 spiro atoms. The Bertz CT molecular complexity index is 979. The van der Waals surface area contributed by atoms with Crippen LogP contribution in [0.25, 0.3) is 12.2 Å². The lowest BCUT2D eigenvalue weighted by Gasteiger charge is -2.12. The highest BCUT2D eigenvalue weighted by atomic mass is 16.5. The molecule has 2 aromatic rings. The Labute approximate surface area is 199 Å². The minimum atomic E-state index is -1.06. The number of hydrogen-bond donors (Lipinski definition) is 3. The number of phenolic OH excluding ortho intramolecular Hbond substituents is 2. The van der Waals surface area contributed by atoms with Crippen molar-refractivity contribution in [3.63, 3.8) is 0 Å². The lowest BCUT2D eigenvalue weighted by molar-refractivity contribution is -0.137. The molecule has 0 bridgehead atoms. The van der Waals surface area contributed by atoms with Gasteiger partial charge in [-0.2, -0.15) is 0 Å². The predicted molar refractivity (Wildman–Crippen MR) is 130 cm³/mol. The molecule has 0 heterocycles. The van der Waals surface area contributed by atoms with Gasteiger partial charge >= 0.3 is 11.9 Å². The molecule has 0 fully saturated rings. The number of hydrogen-bond acceptors (Lipinski definition) is 7. The lowest BCUT2D eigenvalue weighted by atomic mass is 10.2. The van der Waals surface area contributed by atoms with Crippen molar-refractivity contribution in [3.8, 4) is 23.0 Å². The van der Waals surface area contributed by atoms with Gasteiger partial charge in [0.1, 0.15) is 0 Å². The molecular formula is C26H32O8. The Hall–Kier alpha value is -3.94. The van der Waals surface area contributed by atoms with E-state index in [0.717, 1.165) is 30.2 Å². The highest BCUT2D eigenvalue weighted by molar-refractivity contribution is 5.87. The van der Waals surface area contributed by atoms with E-state index >= 15 is 0 Å². The minimum absolute atomic E-state index is 0.229. The molecule has 0 aliphatic carbocycles. The number of carbonyl (C=O) groups excluding carboxylic acids is 1. The maximum absolute atomic E-state index is 11.3. The number of aliphatic carboxylic acids is 1. The second-order valence-corrected chi connectivity index (χ2v) is 6.91. The number of carbonyl (C=O) groups is 2. The summed E-state index contributed by atoms with van der Waals surface area (Å²) in [5.74, 6) is -0.470. The molecule has 2 rings (SSSR count). The Balaban J connectivity index is 0.000000380. The van der Waals surface area contributed by atoms with Crippen LogP contribution in [0.1, 0.15) is 44.7 Å². The topological polar surface area (TPSA) is 123 Å². The molecule has 0 aliphatic rings. The largest absolute Gasteiger partial charge is 0.504 e. The van der Waals surface area contributed by atoms with E-state index in [9.17, 15) is 9.59 Å². The van der Waals surface area contributed by atoms with Crippen LogP contribution in [0.4, 0.5) is 0 Å². The third-order valence-electron chi connectivity index (χ3n) is 4.01. The summed E-state index contributed by atoms with van der Waals surface area (Å²) in [6.07, 6.45) is 7.26. The Kier molecular flexibility index (Phi) is 13.1. The van der Waals surface area contributed by atoms with Crippen molar-refractivity contribution < 1.29 is 39.1 Å². The highest BCUT2D eigenvalue weighted by Crippen LogP contribution is 2.29. The number of phenols is 2. The van der Waals surface area contributed by atoms with E-state index in [1.54, 1.807) is 13.0 Å². The number of esters is 1. The molecule has 0 saturated heterocycles. The Morgan fingerprint density at radius 3 is 1.97 bits per heavy atom. The van der Waals surface area contributed by atoms with Crippen LogP contribution in [0.15, 0.2) is 48.6 Å². The third kappa shape index (κ3) is 11.1. The van der Waals surface area contributed by atoms with Crippen molar-refractivity contribution in [1.29, 1.82) is 0 Å². The second kappa shape index (κ2) is 15.8. The molecule has 0 unspecified atom stereocenters. The molecule has 0 aliphatic heterocycles. The van der Waals surface area contributed by atoms with Crippen LogP contribution in [-0.2, 0) is 14.3 Å². The molecule has 0 amide bonds. The third-order valence-corrected chi connectivity index (χ3v) is 4.01. The van der Waals surface area contributed by atoms with E-state index in [1.807, 2.05) is 18.2 Å². The summed E-state index contributed by atoms with van der Waals surface area (Å²) in [5, 5.41) is 26.3. The summed E-state index contributed by atoms with van der Waals surface area (Å²) < 4.78 is 16.2. The number of aromatic hydroxyl groups is 2. The van der Waals surface area contributed by atoms with Gasteiger partial charge in [-0.05, 0) is 67.3 Å². The van der Waals surface area contributed by atoms with Crippen LogP contribution >= 0.6 is 0 Å². The number of carboxylic acid groups (broad SMARTS) is 1. The first-order chi connectivity index (χ1) is 16.3. The molecule has 184 valence electrons. The fraction of sp³-hybridized carbons (Fsp3) is 0.308. The van der Waals surface area contributed by atoms with Gasteiger partial charge in [-0.25, -0.2) is 9.59 Å². The fourth-order valence-corrected chi connectivity index (χ4v) is 2.45. The van der Waals surface area contributed by atoms with Crippen LogP contribution in [0.3, 0.4) is 0 Å². The van der Waals surface area contributed by atoms with Gasteiger partial charge in [-0.15, -0.1) is 0 Å². The number of ether oxygens (including phenoxy) is 3. The zero-order valence-electron chi connectivity index (χ0n) is 19.7. The summed E-state index contributed by atoms with van der Waals surface area (Å²) in [6.45, 7) is 7.55. The molecule has 8 heteroatoms. The molecule has 8 nitrogen and oxygen atoms in total. The van der Waals surface area contributed by atoms with E-state index < -0.39 is 5.97 Å². The molecule has 0 saturated carbocycles. The summed E-state index contributed by atoms with van der Waals surface area (Å²) in [4.78, 5) is 21.4. The van der Waals surface area contributed by atoms with Crippen LogP contribution in [-0.4, -0.2) is 47.1 Å². The lowest BCUT2D eigenvalue weighted by Crippen LogP contribution is -2.01. The first-order valence-electron chi connectivity index (χ1n) is 11.0. The van der Waals surface area contributed by atoms with E-state index in [1.165, 1.54) is 30.4 Å². The fourth-order valence-electron chi connectivity index (χ4n) is 2.45. The number of rotatable bonds is 11. The van der Waals surface area contributed by atoms with Gasteiger partial charge in [-0.3, -0.25) is 0 Å². The normalized spacial score (nSPS) is 10.6. The average molecular weight is 473 g/mol. The Morgan fingerprint density at radius 2 is 1.38 bits per heavy atom. The highest BCUT2D eigenvalue weighted by Gasteiger charge is 2.06. The summed E-state index contributed by atoms with van der Waals surface area (Å²) in [5.41, 5.74) is 1.38. The van der Waals surface area contributed by atoms with Gasteiger partial charge in [0.05, 0.1) is 19.8 Å². The van der Waals surface area contributed by atoms with E-state index in [-0.39, 0.29) is 17.5 Å². The van der Waals surface area contributed by atoms with Gasteiger partial charge in [-0.1, -0.05) is 26.0 Å². The SMILES string of the molecule is CCCOc1ccc(/C=C/C(=O)OCC)cc1OCCC.O=C(O)/C=C/c1ccc(O)c(O)c1. The van der Waals surface area contributed by atoms with Crippen molar-refractivity contribution in [2.45, 2.75) is 33.6 Å². The standard InChI is InChI=1S/C17H24O4.C9H8O4/c1-4-11-20-15-9-7-14(8-10-17(18)19-6-3)13-16(15)21-12-5-2;10-7-3-1-6(5-8(7)11)2-4-9(12)13/h7-10,13H,4-6,11-12H2,1-3H3;1-5,10-11H,(H,12,13)/b10-8+;4-2+. The van der Waals surface area contributed by atoms with E-state index in [0.29, 0.717) is 31.1 Å². The molecule has 34 heavy (non-hydrogen) atoms. The first kappa shape index (κ1) is 28.1. The summed E-state index contributed by atoms with van der Waals surface area (Å²) in [7, 11) is 0. The van der Waals surface area contributed by atoms with Gasteiger partial charge in [0.2, 0.25) is 0 Å². The van der Waals surface area contributed by atoms with Gasteiger partial charge in [0.15, 0.2) is 23.0 Å². The second-order valence-electron chi connectivity index (χ2n) is 6.91. The molecule has 3 N–H and O–H groups in total. The summed E-state index contributed by atoms with van der Waals surface area (Å²) >= 11 is 0. The summed E-state index contributed by atoms with van der Waals surface area (Å²) in [6, 6.07) is 9.68. The zero-order valence-corrected chi connectivity index (χ0v) is 19.7. The maximum atomic E-state index is 11.3. The van der Waals surface area contributed by atoms with Crippen molar-refractivity contribution >= 4 is 24.1 Å². The van der Waals surface area contributed by atoms with Crippen molar-refractivity contribution in [2.24, 2.45) is 0 Å². The molecule has 2 aromatic carbocycles. The molecular weight excluding hydrogens is 440 g/mol. The first-order valence-corrected chi connectivity index (χ1v) is 11.0. The van der Waals surface area contributed by atoms with Crippen LogP contribution in [0, 0.1) is 0 Å². The quantitative estimate of drug-likeness (QED) is 0.236. The van der Waals surface area contributed by atoms with Gasteiger partial charge < -0.3 is 29.5 Å². The molecule has 0 aromatic heterocycles. The van der Waals surface area contributed by atoms with Gasteiger partial charge in [0.25, 0.3) is 0 Å². The molecule has 0 radical (unpaired) electrons. The molecule has 0 atom stereocenters. The van der Waals surface area contributed by atoms with Crippen LogP contribution < -0.4 is 9.47 Å². The number of benzene rings is 2. The maximum Gasteiger partial charge on any atom is 0.330 e. The van der Waals surface area contributed by atoms with Crippen LogP contribution in [0.5, 0.6) is 23.0 Å². The Morgan fingerprint density at radius 1 is 0.794 bits per heavy atom. The van der Waals surface area contributed by atoms with E-state index in [4.69, 9.17) is 29.5 Å². The number of carboxylic acids is 1. The predicted octanol–water partition coefficient (Wildman–Crippen LogP) is 5.04.